The van der Waals surface area contributed by atoms with Crippen LogP contribution in [-0.2, 0) is 0 Å². The van der Waals surface area contributed by atoms with Crippen LogP contribution in [0.2, 0.25) is 0 Å². The van der Waals surface area contributed by atoms with Crippen molar-refractivity contribution in [1.82, 2.24) is 15.2 Å². The summed E-state index contributed by atoms with van der Waals surface area (Å²) in [4.78, 5) is 21.1. The molecule has 0 bridgehead atoms. The van der Waals surface area contributed by atoms with E-state index >= 15 is 0 Å². The summed E-state index contributed by atoms with van der Waals surface area (Å²) < 4.78 is 0. The summed E-state index contributed by atoms with van der Waals surface area (Å²) in [5, 5.41) is 2.88. The van der Waals surface area contributed by atoms with Gasteiger partial charge >= 0.3 is 0 Å². The second-order valence-corrected chi connectivity index (χ2v) is 5.86. The van der Waals surface area contributed by atoms with Crippen molar-refractivity contribution in [2.24, 2.45) is 0 Å². The molecule has 2 heterocycles. The average molecular weight is 320 g/mol. The topological polar surface area (TPSA) is 48.5 Å². The minimum atomic E-state index is -0.0585. The van der Waals surface area contributed by atoms with Crippen molar-refractivity contribution in [3.8, 4) is 0 Å². The van der Waals surface area contributed by atoms with E-state index in [2.05, 4.69) is 27.0 Å². The Labute approximate surface area is 141 Å². The van der Waals surface area contributed by atoms with Crippen molar-refractivity contribution in [2.45, 2.75) is 47.1 Å². The maximum atomic E-state index is 11.9. The van der Waals surface area contributed by atoms with Gasteiger partial charge in [0.05, 0.1) is 5.56 Å². The van der Waals surface area contributed by atoms with Gasteiger partial charge in [-0.25, -0.2) is 4.98 Å². The molecule has 130 valence electrons. The Morgan fingerprint density at radius 3 is 2.35 bits per heavy atom. The molecule has 1 aliphatic rings. The molecule has 0 aromatic carbocycles. The zero-order valence-corrected chi connectivity index (χ0v) is 15.3. The largest absolute Gasteiger partial charge is 0.354 e. The molecular formula is C18H32N4O. The van der Waals surface area contributed by atoms with Crippen molar-refractivity contribution in [1.29, 1.82) is 0 Å². The van der Waals surface area contributed by atoms with Crippen molar-refractivity contribution in [2.75, 3.05) is 37.6 Å². The molecule has 23 heavy (non-hydrogen) atoms. The highest BCUT2D eigenvalue weighted by Gasteiger charge is 2.17. The standard InChI is InChI=1S/C16H26N4O.C2H6/c1-4-7-19-8-10-20(11-9-19)15-6-5-14(12-17-15)16(21)18-13(2)3;1-2/h5-6,12-13H,4,7-11H2,1-3H3,(H,18,21);1-2H3. The fourth-order valence-corrected chi connectivity index (χ4v) is 2.57. The predicted molar refractivity (Wildman–Crippen MR) is 97.1 cm³/mol. The van der Waals surface area contributed by atoms with Crippen LogP contribution in [0.1, 0.15) is 51.4 Å². The first kappa shape index (κ1) is 19.4. The van der Waals surface area contributed by atoms with Crippen LogP contribution in [-0.4, -0.2) is 54.6 Å². The normalized spacial score (nSPS) is 15.1. The smallest absolute Gasteiger partial charge is 0.253 e. The number of aromatic nitrogens is 1. The minimum Gasteiger partial charge on any atom is -0.354 e. The van der Waals surface area contributed by atoms with Crippen LogP contribution in [0.3, 0.4) is 0 Å². The van der Waals surface area contributed by atoms with Crippen LogP contribution in [0.4, 0.5) is 5.82 Å². The van der Waals surface area contributed by atoms with E-state index in [-0.39, 0.29) is 11.9 Å². The maximum Gasteiger partial charge on any atom is 0.253 e. The number of carbonyl (C=O) groups is 1. The van der Waals surface area contributed by atoms with Crippen LogP contribution in [0.25, 0.3) is 0 Å². The number of hydrogen-bond acceptors (Lipinski definition) is 4. The first-order chi connectivity index (χ1) is 11.1. The highest BCUT2D eigenvalue weighted by molar-refractivity contribution is 5.94. The Morgan fingerprint density at radius 1 is 1.22 bits per heavy atom. The van der Waals surface area contributed by atoms with Crippen molar-refractivity contribution in [3.63, 3.8) is 0 Å². The number of carbonyl (C=O) groups excluding carboxylic acids is 1. The van der Waals surface area contributed by atoms with E-state index in [1.807, 2.05) is 39.8 Å². The van der Waals surface area contributed by atoms with Crippen LogP contribution in [0.15, 0.2) is 18.3 Å². The fourth-order valence-electron chi connectivity index (χ4n) is 2.57. The Hall–Kier alpha value is -1.62. The molecular weight excluding hydrogens is 288 g/mol. The molecule has 1 aromatic rings. The SMILES string of the molecule is CC.CCCN1CCN(c2ccc(C(=O)NC(C)C)cn2)CC1. The van der Waals surface area contributed by atoms with Crippen molar-refractivity contribution in [3.05, 3.63) is 23.9 Å². The van der Waals surface area contributed by atoms with Gasteiger partial charge < -0.3 is 10.2 Å². The summed E-state index contributed by atoms with van der Waals surface area (Å²) in [6, 6.07) is 3.95. The lowest BCUT2D eigenvalue weighted by Gasteiger charge is -2.35. The summed E-state index contributed by atoms with van der Waals surface area (Å²) in [7, 11) is 0. The third kappa shape index (κ3) is 6.18. The van der Waals surface area contributed by atoms with Crippen molar-refractivity contribution >= 4 is 11.7 Å². The minimum absolute atomic E-state index is 0.0585. The molecule has 0 spiro atoms. The highest BCUT2D eigenvalue weighted by Crippen LogP contribution is 2.14. The van der Waals surface area contributed by atoms with Crippen LogP contribution < -0.4 is 10.2 Å². The molecule has 1 N–H and O–H groups in total. The van der Waals surface area contributed by atoms with Gasteiger partial charge in [-0.1, -0.05) is 20.8 Å². The molecule has 5 nitrogen and oxygen atoms in total. The molecule has 0 saturated carbocycles. The highest BCUT2D eigenvalue weighted by atomic mass is 16.1. The van der Waals surface area contributed by atoms with E-state index in [0.717, 1.165) is 32.0 Å². The molecule has 5 heteroatoms. The maximum absolute atomic E-state index is 11.9. The molecule has 1 amide bonds. The number of anilines is 1. The number of amides is 1. The number of nitrogens with one attached hydrogen (secondary N) is 1. The molecule has 0 radical (unpaired) electrons. The zero-order chi connectivity index (χ0) is 17.2. The van der Waals surface area contributed by atoms with E-state index < -0.39 is 0 Å². The van der Waals surface area contributed by atoms with Crippen LogP contribution in [0.5, 0.6) is 0 Å². The van der Waals surface area contributed by atoms with E-state index in [1.54, 1.807) is 6.20 Å². The second-order valence-electron chi connectivity index (χ2n) is 5.86. The van der Waals surface area contributed by atoms with E-state index in [4.69, 9.17) is 0 Å². The Kier molecular flexibility index (Phi) is 8.62. The van der Waals surface area contributed by atoms with Gasteiger partial charge in [0.15, 0.2) is 0 Å². The monoisotopic (exact) mass is 320 g/mol. The van der Waals surface area contributed by atoms with Gasteiger partial charge in [-0.2, -0.15) is 0 Å². The fraction of sp³-hybridized carbons (Fsp3) is 0.667. The first-order valence-electron chi connectivity index (χ1n) is 8.84. The lowest BCUT2D eigenvalue weighted by atomic mass is 10.2. The predicted octanol–water partition coefficient (Wildman–Crippen LogP) is 2.78. The number of hydrogen-bond donors (Lipinski definition) is 1. The molecule has 1 aliphatic heterocycles. The Bertz CT molecular complexity index is 451. The van der Waals surface area contributed by atoms with Gasteiger partial charge in [-0.3, -0.25) is 9.69 Å². The molecule has 0 unspecified atom stereocenters. The lowest BCUT2D eigenvalue weighted by Crippen LogP contribution is -2.46. The van der Waals surface area contributed by atoms with E-state index in [9.17, 15) is 4.79 Å². The van der Waals surface area contributed by atoms with Gasteiger partial charge in [-0.05, 0) is 38.9 Å². The van der Waals surface area contributed by atoms with E-state index in [0.29, 0.717) is 5.56 Å². The Morgan fingerprint density at radius 2 is 1.87 bits per heavy atom. The zero-order valence-electron chi connectivity index (χ0n) is 15.3. The third-order valence-corrected chi connectivity index (χ3v) is 3.67. The van der Waals surface area contributed by atoms with Crippen LogP contribution in [0, 0.1) is 0 Å². The number of rotatable bonds is 5. The molecule has 1 fully saturated rings. The molecule has 0 atom stereocenters. The van der Waals surface area contributed by atoms with Gasteiger partial charge in [0.1, 0.15) is 5.82 Å². The number of nitrogens with zero attached hydrogens (tertiary/aromatic N) is 3. The van der Waals surface area contributed by atoms with Gasteiger partial charge in [0.2, 0.25) is 0 Å². The Balaban J connectivity index is 0.00000127. The van der Waals surface area contributed by atoms with Crippen LogP contribution >= 0.6 is 0 Å². The molecule has 0 aliphatic carbocycles. The third-order valence-electron chi connectivity index (χ3n) is 3.67. The second kappa shape index (κ2) is 10.2. The number of piperazine rings is 1. The lowest BCUT2D eigenvalue weighted by molar-refractivity contribution is 0.0943. The summed E-state index contributed by atoms with van der Waals surface area (Å²) in [5.74, 6) is 0.907. The summed E-state index contributed by atoms with van der Waals surface area (Å²) in [5.41, 5.74) is 0.622. The molecule has 1 saturated heterocycles. The molecule has 2 rings (SSSR count). The van der Waals surface area contributed by atoms with Gasteiger partial charge in [0.25, 0.3) is 5.91 Å². The summed E-state index contributed by atoms with van der Waals surface area (Å²) in [6.45, 7) is 15.5. The van der Waals surface area contributed by atoms with E-state index in [1.165, 1.54) is 13.0 Å². The average Bonchev–Trinajstić information content (AvgIpc) is 2.57. The quantitative estimate of drug-likeness (QED) is 0.906. The first-order valence-corrected chi connectivity index (χ1v) is 8.84. The van der Waals surface area contributed by atoms with Crippen molar-refractivity contribution < 1.29 is 4.79 Å². The van der Waals surface area contributed by atoms with Gasteiger partial charge in [-0.15, -0.1) is 0 Å². The molecule has 1 aromatic heterocycles. The summed E-state index contributed by atoms with van der Waals surface area (Å²) >= 11 is 0. The summed E-state index contributed by atoms with van der Waals surface area (Å²) in [6.07, 6.45) is 2.88. The number of pyridine rings is 1. The van der Waals surface area contributed by atoms with Gasteiger partial charge in [0, 0.05) is 38.4 Å².